The number of benzene rings is 1. The number of hydrogen-bond acceptors (Lipinski definition) is 3. The van der Waals surface area contributed by atoms with E-state index in [4.69, 9.17) is 0 Å². The fourth-order valence-corrected chi connectivity index (χ4v) is 2.41. The zero-order valence-electron chi connectivity index (χ0n) is 12.8. The Morgan fingerprint density at radius 2 is 1.88 bits per heavy atom. The lowest BCUT2D eigenvalue weighted by Crippen LogP contribution is -2.18. The Balaban J connectivity index is 2.16. The van der Waals surface area contributed by atoms with Crippen LogP contribution in [-0.2, 0) is 13.2 Å². The molecular formula is C16H13F3N4O. The molecule has 1 aromatic carbocycles. The van der Waals surface area contributed by atoms with Crippen LogP contribution in [0.3, 0.4) is 0 Å². The maximum atomic E-state index is 12.7. The molecule has 0 aliphatic heterocycles. The Morgan fingerprint density at radius 3 is 2.46 bits per heavy atom. The second kappa shape index (κ2) is 5.63. The molecule has 24 heavy (non-hydrogen) atoms. The van der Waals surface area contributed by atoms with Gasteiger partial charge in [0.05, 0.1) is 28.4 Å². The molecule has 5 nitrogen and oxygen atoms in total. The van der Waals surface area contributed by atoms with Gasteiger partial charge in [0, 0.05) is 19.7 Å². The van der Waals surface area contributed by atoms with E-state index in [2.05, 4.69) is 15.4 Å². The highest BCUT2D eigenvalue weighted by atomic mass is 19.4. The highest BCUT2D eigenvalue weighted by Crippen LogP contribution is 2.31. The van der Waals surface area contributed by atoms with E-state index < -0.39 is 11.7 Å². The zero-order valence-corrected chi connectivity index (χ0v) is 12.8. The van der Waals surface area contributed by atoms with Gasteiger partial charge in [0.15, 0.2) is 5.65 Å². The van der Waals surface area contributed by atoms with E-state index in [1.54, 1.807) is 13.1 Å². The number of carbonyl (C=O) groups is 1. The fourth-order valence-electron chi connectivity index (χ4n) is 2.41. The molecule has 0 unspecified atom stereocenters. The molecule has 0 atom stereocenters. The summed E-state index contributed by atoms with van der Waals surface area (Å²) in [6, 6.07) is 6.20. The summed E-state index contributed by atoms with van der Waals surface area (Å²) < 4.78 is 39.5. The lowest BCUT2D eigenvalue weighted by Gasteiger charge is -2.09. The van der Waals surface area contributed by atoms with Crippen molar-refractivity contribution in [3.63, 3.8) is 0 Å². The normalized spacial score (nSPS) is 11.7. The molecule has 8 heteroatoms. The first kappa shape index (κ1) is 16.0. The van der Waals surface area contributed by atoms with E-state index in [1.165, 1.54) is 30.1 Å². The monoisotopic (exact) mass is 334 g/mol. The highest BCUT2D eigenvalue weighted by molar-refractivity contribution is 6.06. The largest absolute Gasteiger partial charge is 0.416 e. The number of hydrogen-bond donors (Lipinski definition) is 1. The number of rotatable bonds is 2. The maximum absolute atomic E-state index is 12.7. The van der Waals surface area contributed by atoms with Crippen molar-refractivity contribution in [3.8, 4) is 11.3 Å². The van der Waals surface area contributed by atoms with Crippen molar-refractivity contribution >= 4 is 16.9 Å². The van der Waals surface area contributed by atoms with Gasteiger partial charge in [0.1, 0.15) is 0 Å². The van der Waals surface area contributed by atoms with Crippen LogP contribution in [0.5, 0.6) is 0 Å². The lowest BCUT2D eigenvalue weighted by molar-refractivity contribution is -0.137. The minimum atomic E-state index is -4.40. The van der Waals surface area contributed by atoms with E-state index in [9.17, 15) is 18.0 Å². The molecule has 2 heterocycles. The van der Waals surface area contributed by atoms with Crippen LogP contribution in [0.2, 0.25) is 0 Å². The lowest BCUT2D eigenvalue weighted by atomic mass is 10.0. The highest BCUT2D eigenvalue weighted by Gasteiger charge is 2.30. The van der Waals surface area contributed by atoms with E-state index in [1.807, 2.05) is 0 Å². The SMILES string of the molecule is CNC(=O)c1cc(-c2ccc(C(F)(F)F)cc2)nc2c1cnn2C. The number of halogens is 3. The van der Waals surface area contributed by atoms with Crippen LogP contribution in [-0.4, -0.2) is 27.7 Å². The third-order valence-corrected chi connectivity index (χ3v) is 3.68. The summed E-state index contributed by atoms with van der Waals surface area (Å²) in [6.07, 6.45) is -2.87. The summed E-state index contributed by atoms with van der Waals surface area (Å²) in [4.78, 5) is 16.5. The first-order valence-corrected chi connectivity index (χ1v) is 7.03. The van der Waals surface area contributed by atoms with Crippen molar-refractivity contribution in [1.29, 1.82) is 0 Å². The topological polar surface area (TPSA) is 59.8 Å². The zero-order chi connectivity index (χ0) is 17.5. The molecule has 0 saturated heterocycles. The summed E-state index contributed by atoms with van der Waals surface area (Å²) in [5, 5.41) is 7.19. The van der Waals surface area contributed by atoms with Crippen LogP contribution >= 0.6 is 0 Å². The van der Waals surface area contributed by atoms with Crippen LogP contribution in [0.1, 0.15) is 15.9 Å². The molecular weight excluding hydrogens is 321 g/mol. The van der Waals surface area contributed by atoms with Gasteiger partial charge >= 0.3 is 6.18 Å². The maximum Gasteiger partial charge on any atom is 0.416 e. The van der Waals surface area contributed by atoms with Gasteiger partial charge in [0.25, 0.3) is 5.91 Å². The van der Waals surface area contributed by atoms with Gasteiger partial charge in [-0.1, -0.05) is 12.1 Å². The second-order valence-corrected chi connectivity index (χ2v) is 5.21. The average molecular weight is 334 g/mol. The molecule has 0 aliphatic rings. The minimum Gasteiger partial charge on any atom is -0.355 e. The Hall–Kier alpha value is -2.90. The number of pyridine rings is 1. The van der Waals surface area contributed by atoms with Crippen LogP contribution in [0, 0.1) is 0 Å². The smallest absolute Gasteiger partial charge is 0.355 e. The number of aromatic nitrogens is 3. The molecule has 1 N–H and O–H groups in total. The molecule has 0 bridgehead atoms. The quantitative estimate of drug-likeness (QED) is 0.784. The van der Waals surface area contributed by atoms with Crippen LogP contribution < -0.4 is 5.32 Å². The van der Waals surface area contributed by atoms with Gasteiger partial charge in [-0.3, -0.25) is 9.48 Å². The van der Waals surface area contributed by atoms with Crippen molar-refractivity contribution in [2.45, 2.75) is 6.18 Å². The standard InChI is InChI=1S/C16H13F3N4O/c1-20-15(24)11-7-13(22-14-12(11)8-21-23(14)2)9-3-5-10(6-4-9)16(17,18)19/h3-8H,1-2H3,(H,20,24). The van der Waals surface area contributed by atoms with Gasteiger partial charge in [0.2, 0.25) is 0 Å². The second-order valence-electron chi connectivity index (χ2n) is 5.21. The number of alkyl halides is 3. The van der Waals surface area contributed by atoms with E-state index in [0.29, 0.717) is 27.9 Å². The summed E-state index contributed by atoms with van der Waals surface area (Å²) in [5.74, 6) is -0.316. The third kappa shape index (κ3) is 2.70. The summed E-state index contributed by atoms with van der Waals surface area (Å²) >= 11 is 0. The van der Waals surface area contributed by atoms with Gasteiger partial charge in [-0.25, -0.2) is 4.98 Å². The summed E-state index contributed by atoms with van der Waals surface area (Å²) in [5.41, 5.74) is 0.991. The van der Waals surface area contributed by atoms with Crippen LogP contribution in [0.4, 0.5) is 13.2 Å². The number of aryl methyl sites for hydroxylation is 1. The number of carbonyl (C=O) groups excluding carboxylic acids is 1. The van der Waals surface area contributed by atoms with Gasteiger partial charge < -0.3 is 5.32 Å². The average Bonchev–Trinajstić information content (AvgIpc) is 2.94. The van der Waals surface area contributed by atoms with Crippen molar-refractivity contribution in [2.24, 2.45) is 7.05 Å². The fraction of sp³-hybridized carbons (Fsp3) is 0.188. The first-order chi connectivity index (χ1) is 11.3. The minimum absolute atomic E-state index is 0.316. The number of nitrogens with zero attached hydrogens (tertiary/aromatic N) is 3. The molecule has 0 fully saturated rings. The molecule has 2 aromatic heterocycles. The molecule has 0 aliphatic carbocycles. The predicted octanol–water partition coefficient (Wildman–Crippen LogP) is 3.01. The molecule has 0 spiro atoms. The molecule has 3 rings (SSSR count). The summed E-state index contributed by atoms with van der Waals surface area (Å²) in [6.45, 7) is 0. The Morgan fingerprint density at radius 1 is 1.21 bits per heavy atom. The van der Waals surface area contributed by atoms with E-state index in [-0.39, 0.29) is 5.91 Å². The van der Waals surface area contributed by atoms with Crippen molar-refractivity contribution < 1.29 is 18.0 Å². The summed E-state index contributed by atoms with van der Waals surface area (Å²) in [7, 11) is 3.18. The van der Waals surface area contributed by atoms with Crippen LogP contribution in [0.25, 0.3) is 22.3 Å². The first-order valence-electron chi connectivity index (χ1n) is 7.03. The Kier molecular flexibility index (Phi) is 3.75. The molecule has 3 aromatic rings. The third-order valence-electron chi connectivity index (χ3n) is 3.68. The van der Waals surface area contributed by atoms with Crippen molar-refractivity contribution in [2.75, 3.05) is 7.05 Å². The van der Waals surface area contributed by atoms with Gasteiger partial charge in [-0.05, 0) is 18.2 Å². The van der Waals surface area contributed by atoms with Crippen LogP contribution in [0.15, 0.2) is 36.5 Å². The molecule has 0 radical (unpaired) electrons. The van der Waals surface area contributed by atoms with Crippen molar-refractivity contribution in [3.05, 3.63) is 47.7 Å². The Bertz CT molecular complexity index is 913. The molecule has 124 valence electrons. The number of fused-ring (bicyclic) bond motifs is 1. The van der Waals surface area contributed by atoms with Crippen molar-refractivity contribution in [1.82, 2.24) is 20.1 Å². The van der Waals surface area contributed by atoms with Gasteiger partial charge in [-0.2, -0.15) is 18.3 Å². The van der Waals surface area contributed by atoms with E-state index >= 15 is 0 Å². The Labute approximate surface area is 135 Å². The predicted molar refractivity (Wildman–Crippen MR) is 82.3 cm³/mol. The molecule has 0 saturated carbocycles. The van der Waals surface area contributed by atoms with E-state index in [0.717, 1.165) is 12.1 Å². The molecule has 1 amide bonds. The van der Waals surface area contributed by atoms with Gasteiger partial charge in [-0.15, -0.1) is 0 Å². The number of nitrogens with one attached hydrogen (secondary N) is 1. The number of amides is 1.